The molecule has 0 radical (unpaired) electrons. The van der Waals surface area contributed by atoms with E-state index in [1.54, 1.807) is 0 Å². The Hall–Kier alpha value is -2.25. The summed E-state index contributed by atoms with van der Waals surface area (Å²) in [6.45, 7) is 3.85. The van der Waals surface area contributed by atoms with Crippen molar-refractivity contribution in [1.82, 2.24) is 5.32 Å². The van der Waals surface area contributed by atoms with E-state index in [-0.39, 0.29) is 5.56 Å². The second-order valence-electron chi connectivity index (χ2n) is 5.21. The first-order valence-electron chi connectivity index (χ1n) is 6.34. The van der Waals surface area contributed by atoms with Gasteiger partial charge in [-0.05, 0) is 26.8 Å². The maximum absolute atomic E-state index is 12.4. The van der Waals surface area contributed by atoms with E-state index in [2.05, 4.69) is 10.1 Å². The van der Waals surface area contributed by atoms with Crippen LogP contribution in [0.3, 0.4) is 0 Å². The Morgan fingerprint density at radius 3 is 2.27 bits per heavy atom. The molecule has 2 N–H and O–H groups in total. The number of carbonyl (C=O) groups excluding carboxylic acids is 1. The first kappa shape index (κ1) is 17.8. The largest absolute Gasteiger partial charge is 0.573 e. The average Bonchev–Trinajstić information content (AvgIpc) is 2.36. The number of benzene rings is 1. The number of carbonyl (C=O) groups is 2. The molecule has 1 aromatic carbocycles. The van der Waals surface area contributed by atoms with Gasteiger partial charge in [0.2, 0.25) is 5.91 Å². The lowest BCUT2D eigenvalue weighted by molar-refractivity contribution is -0.275. The molecule has 0 bridgehead atoms. The van der Waals surface area contributed by atoms with Gasteiger partial charge in [0.05, 0.1) is 6.04 Å². The molecule has 1 amide bonds. The second-order valence-corrected chi connectivity index (χ2v) is 5.21. The molecule has 0 aliphatic carbocycles. The predicted molar refractivity (Wildman–Crippen MR) is 71.1 cm³/mol. The maximum atomic E-state index is 12.4. The lowest BCUT2D eigenvalue weighted by Crippen LogP contribution is -2.43. The number of para-hydroxylation sites is 1. The van der Waals surface area contributed by atoms with Gasteiger partial charge in [0.25, 0.3) is 0 Å². The molecule has 1 atom stereocenters. The summed E-state index contributed by atoms with van der Waals surface area (Å²) < 4.78 is 41.0. The quantitative estimate of drug-likeness (QED) is 0.818. The fraction of sp³-hybridized carbons (Fsp3) is 0.429. The first-order valence-corrected chi connectivity index (χ1v) is 6.34. The van der Waals surface area contributed by atoms with Crippen LogP contribution in [0.1, 0.15) is 32.4 Å². The molecule has 1 rings (SSSR count). The third-order valence-corrected chi connectivity index (χ3v) is 3.06. The van der Waals surface area contributed by atoms with Crippen molar-refractivity contribution in [3.8, 4) is 5.75 Å². The van der Waals surface area contributed by atoms with Crippen LogP contribution >= 0.6 is 0 Å². The molecule has 0 spiro atoms. The van der Waals surface area contributed by atoms with E-state index in [0.717, 1.165) is 6.07 Å². The zero-order chi connectivity index (χ0) is 17.1. The molecule has 0 heterocycles. The normalized spacial score (nSPS) is 13.4. The van der Waals surface area contributed by atoms with E-state index in [1.165, 1.54) is 39.0 Å². The lowest BCUT2D eigenvalue weighted by atomic mass is 9.92. The highest BCUT2D eigenvalue weighted by Gasteiger charge is 2.37. The Morgan fingerprint density at radius 2 is 1.77 bits per heavy atom. The van der Waals surface area contributed by atoms with Crippen LogP contribution in [0.15, 0.2) is 24.3 Å². The standard InChI is InChI=1S/C14H16F3NO4/c1-8(18-11(19)13(2,3)12(20)21)9-6-4-5-7-10(9)22-14(15,16)17/h4-8H,1-3H3,(H,18,19)(H,20,21). The summed E-state index contributed by atoms with van der Waals surface area (Å²) in [5.41, 5.74) is -1.61. The van der Waals surface area contributed by atoms with Gasteiger partial charge in [-0.3, -0.25) is 9.59 Å². The van der Waals surface area contributed by atoms with Gasteiger partial charge in [0.1, 0.15) is 11.2 Å². The van der Waals surface area contributed by atoms with Crippen LogP contribution in [0, 0.1) is 5.41 Å². The molecule has 0 aromatic heterocycles. The number of carboxylic acids is 1. The van der Waals surface area contributed by atoms with Gasteiger partial charge in [-0.15, -0.1) is 13.2 Å². The molecule has 1 unspecified atom stereocenters. The zero-order valence-corrected chi connectivity index (χ0v) is 12.2. The van der Waals surface area contributed by atoms with Gasteiger partial charge in [-0.1, -0.05) is 18.2 Å². The molecule has 0 saturated heterocycles. The minimum absolute atomic E-state index is 0.0920. The highest BCUT2D eigenvalue weighted by atomic mass is 19.4. The molecule has 0 saturated carbocycles. The van der Waals surface area contributed by atoms with Gasteiger partial charge in [-0.2, -0.15) is 0 Å². The van der Waals surface area contributed by atoms with Crippen LogP contribution in [0.5, 0.6) is 5.75 Å². The highest BCUT2D eigenvalue weighted by molar-refractivity contribution is 6.01. The second kappa shape index (κ2) is 6.25. The lowest BCUT2D eigenvalue weighted by Gasteiger charge is -2.23. The summed E-state index contributed by atoms with van der Waals surface area (Å²) in [7, 11) is 0. The topological polar surface area (TPSA) is 75.6 Å². The fourth-order valence-corrected chi connectivity index (χ4v) is 1.61. The number of nitrogens with one attached hydrogen (secondary N) is 1. The number of hydrogen-bond donors (Lipinski definition) is 2. The zero-order valence-electron chi connectivity index (χ0n) is 12.2. The first-order chi connectivity index (χ1) is 9.95. The highest BCUT2D eigenvalue weighted by Crippen LogP contribution is 2.30. The molecule has 22 heavy (non-hydrogen) atoms. The summed E-state index contributed by atoms with van der Waals surface area (Å²) in [6.07, 6.45) is -4.86. The number of ether oxygens (including phenoxy) is 1. The van der Waals surface area contributed by atoms with Crippen molar-refractivity contribution in [2.45, 2.75) is 33.2 Å². The van der Waals surface area contributed by atoms with Gasteiger partial charge in [0.15, 0.2) is 0 Å². The minimum Gasteiger partial charge on any atom is -0.480 e. The van der Waals surface area contributed by atoms with Crippen LogP contribution in [0.25, 0.3) is 0 Å². The van der Waals surface area contributed by atoms with E-state index in [0.29, 0.717) is 0 Å². The fourth-order valence-electron chi connectivity index (χ4n) is 1.61. The van der Waals surface area contributed by atoms with Crippen molar-refractivity contribution in [2.75, 3.05) is 0 Å². The van der Waals surface area contributed by atoms with E-state index in [1.807, 2.05) is 0 Å². The summed E-state index contributed by atoms with van der Waals surface area (Å²) in [5, 5.41) is 11.3. The number of amides is 1. The van der Waals surface area contributed by atoms with E-state index < -0.39 is 35.4 Å². The summed E-state index contributed by atoms with van der Waals surface area (Å²) in [4.78, 5) is 22.9. The van der Waals surface area contributed by atoms with Crippen LogP contribution < -0.4 is 10.1 Å². The molecule has 1 aromatic rings. The molecular weight excluding hydrogens is 303 g/mol. The average molecular weight is 319 g/mol. The van der Waals surface area contributed by atoms with Gasteiger partial charge in [-0.25, -0.2) is 0 Å². The van der Waals surface area contributed by atoms with Gasteiger partial charge in [0, 0.05) is 5.56 Å². The van der Waals surface area contributed by atoms with Crippen LogP contribution in [0.2, 0.25) is 0 Å². The van der Waals surface area contributed by atoms with Crippen molar-refractivity contribution in [2.24, 2.45) is 5.41 Å². The van der Waals surface area contributed by atoms with Crippen molar-refractivity contribution in [1.29, 1.82) is 0 Å². The number of halogens is 3. The number of rotatable bonds is 5. The molecule has 122 valence electrons. The Morgan fingerprint density at radius 1 is 1.23 bits per heavy atom. The van der Waals surface area contributed by atoms with Crippen molar-refractivity contribution in [3.05, 3.63) is 29.8 Å². The predicted octanol–water partition coefficient (Wildman–Crippen LogP) is 2.87. The van der Waals surface area contributed by atoms with Crippen LogP contribution in [-0.4, -0.2) is 23.3 Å². The maximum Gasteiger partial charge on any atom is 0.573 e. The van der Waals surface area contributed by atoms with Gasteiger partial charge < -0.3 is 15.2 Å². The Bertz CT molecular complexity index is 569. The third kappa shape index (κ3) is 4.37. The van der Waals surface area contributed by atoms with Crippen LogP contribution in [-0.2, 0) is 9.59 Å². The number of hydrogen-bond acceptors (Lipinski definition) is 3. The summed E-state index contributed by atoms with van der Waals surface area (Å²) in [5.74, 6) is -2.60. The number of carboxylic acid groups (broad SMARTS) is 1. The van der Waals surface area contributed by atoms with Gasteiger partial charge >= 0.3 is 12.3 Å². The third-order valence-electron chi connectivity index (χ3n) is 3.06. The molecule has 5 nitrogen and oxygen atoms in total. The summed E-state index contributed by atoms with van der Waals surface area (Å²) >= 11 is 0. The van der Waals surface area contributed by atoms with Crippen molar-refractivity contribution in [3.63, 3.8) is 0 Å². The Kier molecular flexibility index (Phi) is 5.05. The molecular formula is C14H16F3NO4. The smallest absolute Gasteiger partial charge is 0.480 e. The molecule has 0 aliphatic heterocycles. The SMILES string of the molecule is CC(NC(=O)C(C)(C)C(=O)O)c1ccccc1OC(F)(F)F. The monoisotopic (exact) mass is 319 g/mol. The Balaban J connectivity index is 2.97. The molecule has 8 heteroatoms. The molecule has 0 aliphatic rings. The van der Waals surface area contributed by atoms with Crippen LogP contribution in [0.4, 0.5) is 13.2 Å². The summed E-state index contributed by atoms with van der Waals surface area (Å²) in [6, 6.07) is 4.47. The van der Waals surface area contributed by atoms with Crippen molar-refractivity contribution >= 4 is 11.9 Å². The minimum atomic E-state index is -4.86. The Labute approximate surface area is 125 Å². The van der Waals surface area contributed by atoms with E-state index >= 15 is 0 Å². The number of alkyl halides is 3. The molecule has 0 fully saturated rings. The van der Waals surface area contributed by atoms with E-state index in [9.17, 15) is 22.8 Å². The number of aliphatic carboxylic acids is 1. The van der Waals surface area contributed by atoms with E-state index in [4.69, 9.17) is 5.11 Å². The van der Waals surface area contributed by atoms with Crippen molar-refractivity contribution < 1.29 is 32.6 Å².